The summed E-state index contributed by atoms with van der Waals surface area (Å²) >= 11 is 3.48. The summed E-state index contributed by atoms with van der Waals surface area (Å²) in [4.78, 5) is 4.58. The molecule has 3 nitrogen and oxygen atoms in total. The van der Waals surface area contributed by atoms with E-state index in [4.69, 9.17) is 9.31 Å². The van der Waals surface area contributed by atoms with Gasteiger partial charge in [0, 0.05) is 21.1 Å². The molecular formula is C19H22BBrFNO2. The number of halogens is 2. The van der Waals surface area contributed by atoms with Gasteiger partial charge in [0.1, 0.15) is 5.73 Å². The predicted molar refractivity (Wildman–Crippen MR) is 104 cm³/mol. The highest BCUT2D eigenvalue weighted by molar-refractivity contribution is 9.10. The van der Waals surface area contributed by atoms with Gasteiger partial charge in [-0.2, -0.15) is 0 Å². The van der Waals surface area contributed by atoms with Crippen LogP contribution in [-0.4, -0.2) is 23.3 Å². The van der Waals surface area contributed by atoms with E-state index < -0.39 is 24.0 Å². The average molecular weight is 406 g/mol. The molecule has 0 aliphatic carbocycles. The third-order valence-electron chi connectivity index (χ3n) is 5.10. The van der Waals surface area contributed by atoms with Crippen LogP contribution in [0.25, 0.3) is 16.3 Å². The molecule has 1 aliphatic heterocycles. The van der Waals surface area contributed by atoms with Crippen LogP contribution in [0.15, 0.2) is 34.5 Å². The SMILES string of the molecule is CC(=C(F)B1OC(C)(C)C(C)(C)O1)c1nc(C)cc2ccc(Br)cc12. The standard InChI is InChI=1S/C19H22BBrFNO2/c1-11-9-13-7-8-14(21)10-15(13)16(23-11)12(2)17(22)20-24-18(3,4)19(5,6)25-20/h7-10H,1-6H3. The molecule has 0 bridgehead atoms. The minimum Gasteiger partial charge on any atom is -0.398 e. The molecule has 6 heteroatoms. The number of aryl methyl sites for hydroxylation is 1. The molecule has 2 heterocycles. The van der Waals surface area contributed by atoms with E-state index in [1.54, 1.807) is 6.92 Å². The zero-order valence-corrected chi connectivity index (χ0v) is 17.0. The van der Waals surface area contributed by atoms with Gasteiger partial charge >= 0.3 is 7.12 Å². The van der Waals surface area contributed by atoms with E-state index >= 15 is 4.39 Å². The first-order valence-corrected chi connectivity index (χ1v) is 9.10. The van der Waals surface area contributed by atoms with Crippen molar-refractivity contribution in [3.63, 3.8) is 0 Å². The average Bonchev–Trinajstić information content (AvgIpc) is 2.73. The van der Waals surface area contributed by atoms with Gasteiger partial charge in [0.2, 0.25) is 0 Å². The summed E-state index contributed by atoms with van der Waals surface area (Å²) in [5.74, 6) is 0. The Labute approximate surface area is 156 Å². The first-order chi connectivity index (χ1) is 11.5. The molecule has 0 spiro atoms. The molecule has 1 aliphatic rings. The van der Waals surface area contributed by atoms with E-state index in [9.17, 15) is 0 Å². The molecule has 1 saturated heterocycles. The van der Waals surface area contributed by atoms with Crippen LogP contribution in [0.5, 0.6) is 0 Å². The zero-order valence-electron chi connectivity index (χ0n) is 15.4. The van der Waals surface area contributed by atoms with E-state index in [2.05, 4.69) is 20.9 Å². The molecular weight excluding hydrogens is 384 g/mol. The molecule has 0 saturated carbocycles. The summed E-state index contributed by atoms with van der Waals surface area (Å²) in [6, 6.07) is 7.91. The van der Waals surface area contributed by atoms with Gasteiger partial charge in [-0.05, 0) is 65.1 Å². The zero-order chi connectivity index (χ0) is 18.6. The van der Waals surface area contributed by atoms with Crippen molar-refractivity contribution in [2.45, 2.75) is 52.7 Å². The maximum absolute atomic E-state index is 15.2. The highest BCUT2D eigenvalue weighted by Crippen LogP contribution is 2.40. The molecule has 0 amide bonds. The fourth-order valence-corrected chi connectivity index (χ4v) is 3.24. The number of pyridine rings is 1. The highest BCUT2D eigenvalue weighted by atomic mass is 79.9. The summed E-state index contributed by atoms with van der Waals surface area (Å²) in [7, 11) is -1.02. The number of rotatable bonds is 2. The lowest BCUT2D eigenvalue weighted by Crippen LogP contribution is -2.41. The van der Waals surface area contributed by atoms with Crippen molar-refractivity contribution in [1.82, 2.24) is 4.98 Å². The second kappa shape index (κ2) is 6.18. The van der Waals surface area contributed by atoms with E-state index in [-0.39, 0.29) is 0 Å². The largest absolute Gasteiger partial charge is 0.525 e. The smallest absolute Gasteiger partial charge is 0.398 e. The topological polar surface area (TPSA) is 31.4 Å². The highest BCUT2D eigenvalue weighted by Gasteiger charge is 2.53. The van der Waals surface area contributed by atoms with Gasteiger partial charge in [-0.3, -0.25) is 4.98 Å². The maximum Gasteiger partial charge on any atom is 0.525 e. The predicted octanol–water partition coefficient (Wildman–Crippen LogP) is 5.64. The summed E-state index contributed by atoms with van der Waals surface area (Å²) in [5, 5.41) is 1.91. The number of aromatic nitrogens is 1. The van der Waals surface area contributed by atoms with Crippen LogP contribution in [0.2, 0.25) is 0 Å². The van der Waals surface area contributed by atoms with E-state index in [0.717, 1.165) is 20.9 Å². The van der Waals surface area contributed by atoms with Gasteiger partial charge in [0.15, 0.2) is 0 Å². The van der Waals surface area contributed by atoms with Crippen LogP contribution in [0.3, 0.4) is 0 Å². The molecule has 1 aromatic heterocycles. The number of hydrogen-bond donors (Lipinski definition) is 0. The maximum atomic E-state index is 15.2. The molecule has 0 unspecified atom stereocenters. The Balaban J connectivity index is 2.11. The monoisotopic (exact) mass is 405 g/mol. The number of hydrogen-bond acceptors (Lipinski definition) is 3. The first-order valence-electron chi connectivity index (χ1n) is 8.31. The number of nitrogens with zero attached hydrogens (tertiary/aromatic N) is 1. The Morgan fingerprint density at radius 3 is 2.32 bits per heavy atom. The van der Waals surface area contributed by atoms with Crippen molar-refractivity contribution in [2.75, 3.05) is 0 Å². The first kappa shape index (κ1) is 18.6. The second-order valence-corrected chi connectivity index (χ2v) is 8.45. The third-order valence-corrected chi connectivity index (χ3v) is 5.59. The Kier molecular flexibility index (Phi) is 4.59. The van der Waals surface area contributed by atoms with Crippen LogP contribution >= 0.6 is 15.9 Å². The Morgan fingerprint density at radius 1 is 1.12 bits per heavy atom. The number of fused-ring (bicyclic) bond motifs is 1. The Morgan fingerprint density at radius 2 is 1.72 bits per heavy atom. The van der Waals surface area contributed by atoms with E-state index in [1.807, 2.05) is 58.9 Å². The van der Waals surface area contributed by atoms with Gasteiger partial charge in [-0.25, -0.2) is 4.39 Å². The van der Waals surface area contributed by atoms with Crippen LogP contribution in [-0.2, 0) is 9.31 Å². The van der Waals surface area contributed by atoms with Crippen LogP contribution in [0.1, 0.15) is 46.0 Å². The lowest BCUT2D eigenvalue weighted by Gasteiger charge is -2.32. The fourth-order valence-electron chi connectivity index (χ4n) is 2.88. The van der Waals surface area contributed by atoms with Crippen molar-refractivity contribution in [2.24, 2.45) is 0 Å². The van der Waals surface area contributed by atoms with Crippen LogP contribution in [0, 0.1) is 6.92 Å². The van der Waals surface area contributed by atoms with E-state index in [1.165, 1.54) is 0 Å². The van der Waals surface area contributed by atoms with Gasteiger partial charge in [-0.1, -0.05) is 22.0 Å². The molecule has 0 radical (unpaired) electrons. The summed E-state index contributed by atoms with van der Waals surface area (Å²) < 4.78 is 27.8. The quantitative estimate of drug-likeness (QED) is 0.606. The summed E-state index contributed by atoms with van der Waals surface area (Å²) in [6.45, 7) is 11.3. The Hall–Kier alpha value is -1.24. The number of allylic oxidation sites excluding steroid dienone is 1. The third kappa shape index (κ3) is 3.27. The van der Waals surface area contributed by atoms with Crippen molar-refractivity contribution in [1.29, 1.82) is 0 Å². The minimum atomic E-state index is -1.02. The van der Waals surface area contributed by atoms with Crippen molar-refractivity contribution in [3.05, 3.63) is 45.9 Å². The van der Waals surface area contributed by atoms with Crippen LogP contribution < -0.4 is 0 Å². The molecule has 3 rings (SSSR count). The fraction of sp³-hybridized carbons (Fsp3) is 0.421. The second-order valence-electron chi connectivity index (χ2n) is 7.54. The van der Waals surface area contributed by atoms with Crippen molar-refractivity contribution in [3.8, 4) is 0 Å². The van der Waals surface area contributed by atoms with Gasteiger partial charge in [0.05, 0.1) is 16.9 Å². The lowest BCUT2D eigenvalue weighted by atomic mass is 9.83. The lowest BCUT2D eigenvalue weighted by molar-refractivity contribution is 0.00578. The summed E-state index contributed by atoms with van der Waals surface area (Å²) in [6.07, 6.45) is 0. The van der Waals surface area contributed by atoms with Crippen LogP contribution in [0.4, 0.5) is 4.39 Å². The molecule has 1 aromatic carbocycles. The van der Waals surface area contributed by atoms with E-state index in [0.29, 0.717) is 11.3 Å². The van der Waals surface area contributed by atoms with Gasteiger partial charge < -0.3 is 9.31 Å². The number of benzene rings is 1. The molecule has 132 valence electrons. The minimum absolute atomic E-state index is 0.432. The van der Waals surface area contributed by atoms with Gasteiger partial charge in [0.25, 0.3) is 0 Å². The van der Waals surface area contributed by atoms with Crippen molar-refractivity contribution < 1.29 is 13.7 Å². The van der Waals surface area contributed by atoms with Gasteiger partial charge in [-0.15, -0.1) is 0 Å². The molecule has 1 fully saturated rings. The summed E-state index contributed by atoms with van der Waals surface area (Å²) in [5.41, 5.74) is 0.290. The molecule has 2 aromatic rings. The molecule has 0 N–H and O–H groups in total. The Bertz CT molecular complexity index is 863. The molecule has 0 atom stereocenters. The van der Waals surface area contributed by atoms with Crippen molar-refractivity contribution >= 4 is 39.4 Å². The molecule has 25 heavy (non-hydrogen) atoms. The normalized spacial score (nSPS) is 20.1.